The van der Waals surface area contributed by atoms with Crippen LogP contribution in [0, 0.1) is 24.6 Å². The van der Waals surface area contributed by atoms with Gasteiger partial charge >= 0.3 is 0 Å². The number of carbonyl (C=O) groups excluding carboxylic acids is 1. The van der Waals surface area contributed by atoms with Crippen LogP contribution >= 0.6 is 0 Å². The number of carbonyl (C=O) groups is 1. The molecule has 0 atom stereocenters. The average molecular weight is 328 g/mol. The molecule has 0 spiro atoms. The molecule has 3 rings (SSSR count). The molecule has 0 saturated heterocycles. The fourth-order valence-corrected chi connectivity index (χ4v) is 3.51. The van der Waals surface area contributed by atoms with Gasteiger partial charge in [-0.2, -0.15) is 0 Å². The van der Waals surface area contributed by atoms with Crippen LogP contribution in [-0.4, -0.2) is 17.4 Å². The molecule has 1 aliphatic rings. The van der Waals surface area contributed by atoms with E-state index in [1.165, 1.54) is 37.8 Å². The van der Waals surface area contributed by atoms with E-state index in [2.05, 4.69) is 17.2 Å². The molecule has 1 amide bonds. The Balaban J connectivity index is 1.71. The van der Waals surface area contributed by atoms with E-state index in [4.69, 9.17) is 0 Å². The molecule has 1 aliphatic carbocycles. The summed E-state index contributed by atoms with van der Waals surface area (Å²) >= 11 is 0. The quantitative estimate of drug-likeness (QED) is 0.840. The number of nitrogens with one attached hydrogen (secondary N) is 2. The molecular weight excluding hydrogens is 303 g/mol. The van der Waals surface area contributed by atoms with E-state index in [-0.39, 0.29) is 11.7 Å². The fraction of sp³-hybridized carbons (Fsp3) is 0.450. The van der Waals surface area contributed by atoms with E-state index >= 15 is 0 Å². The van der Waals surface area contributed by atoms with Gasteiger partial charge in [0, 0.05) is 17.8 Å². The molecule has 0 bridgehead atoms. The van der Waals surface area contributed by atoms with Crippen LogP contribution in [0.1, 0.15) is 48.7 Å². The Hall–Kier alpha value is -2.10. The van der Waals surface area contributed by atoms with Crippen LogP contribution in [0.15, 0.2) is 30.3 Å². The zero-order valence-electron chi connectivity index (χ0n) is 14.4. The highest BCUT2D eigenvalue weighted by atomic mass is 19.1. The lowest BCUT2D eigenvalue weighted by atomic mass is 9.83. The standard InChI is InChI=1S/C20H25FN2O/c1-13-6-8-15(9-7-13)12-22-20(24)18-10-14(2)23-19(18)16-4-3-5-17(21)11-16/h3-5,10-11,13,15,23H,6-9,12H2,1-2H3,(H,22,24). The van der Waals surface area contributed by atoms with Crippen molar-refractivity contribution in [3.05, 3.63) is 47.4 Å². The minimum absolute atomic E-state index is 0.0859. The molecule has 2 N–H and O–H groups in total. The summed E-state index contributed by atoms with van der Waals surface area (Å²) in [4.78, 5) is 15.8. The molecule has 1 heterocycles. The van der Waals surface area contributed by atoms with Gasteiger partial charge < -0.3 is 10.3 Å². The number of amides is 1. The van der Waals surface area contributed by atoms with Gasteiger partial charge in [0.15, 0.2) is 0 Å². The van der Waals surface area contributed by atoms with Crippen LogP contribution in [0.4, 0.5) is 4.39 Å². The summed E-state index contributed by atoms with van der Waals surface area (Å²) in [6.07, 6.45) is 4.87. The van der Waals surface area contributed by atoms with E-state index in [0.717, 1.165) is 18.2 Å². The van der Waals surface area contributed by atoms with E-state index in [1.807, 2.05) is 19.1 Å². The third kappa shape index (κ3) is 3.86. The summed E-state index contributed by atoms with van der Waals surface area (Å²) < 4.78 is 13.5. The van der Waals surface area contributed by atoms with Crippen LogP contribution in [0.3, 0.4) is 0 Å². The molecule has 3 nitrogen and oxygen atoms in total. The summed E-state index contributed by atoms with van der Waals surface area (Å²) in [7, 11) is 0. The molecule has 1 aromatic carbocycles. The molecule has 0 unspecified atom stereocenters. The number of H-pyrrole nitrogens is 1. The van der Waals surface area contributed by atoms with Gasteiger partial charge in [-0.05, 0) is 49.8 Å². The maximum Gasteiger partial charge on any atom is 0.253 e. The maximum absolute atomic E-state index is 13.5. The van der Waals surface area contributed by atoms with Gasteiger partial charge in [-0.15, -0.1) is 0 Å². The lowest BCUT2D eigenvalue weighted by molar-refractivity contribution is 0.0942. The first-order chi connectivity index (χ1) is 11.5. The molecule has 128 valence electrons. The van der Waals surface area contributed by atoms with Gasteiger partial charge in [0.2, 0.25) is 0 Å². The van der Waals surface area contributed by atoms with Crippen molar-refractivity contribution in [2.24, 2.45) is 11.8 Å². The molecule has 24 heavy (non-hydrogen) atoms. The second kappa shape index (κ2) is 7.20. The topological polar surface area (TPSA) is 44.9 Å². The molecule has 1 saturated carbocycles. The van der Waals surface area contributed by atoms with Crippen LogP contribution in [0.5, 0.6) is 0 Å². The average Bonchev–Trinajstić information content (AvgIpc) is 2.96. The predicted molar refractivity (Wildman–Crippen MR) is 94.4 cm³/mol. The lowest BCUT2D eigenvalue weighted by Crippen LogP contribution is -2.31. The minimum Gasteiger partial charge on any atom is -0.358 e. The van der Waals surface area contributed by atoms with Crippen molar-refractivity contribution in [2.75, 3.05) is 6.54 Å². The first kappa shape index (κ1) is 16.7. The van der Waals surface area contributed by atoms with Gasteiger partial charge in [0.1, 0.15) is 5.82 Å². The Bertz CT molecular complexity index is 714. The monoisotopic (exact) mass is 328 g/mol. The third-order valence-corrected chi connectivity index (χ3v) is 5.00. The Morgan fingerprint density at radius 2 is 2.00 bits per heavy atom. The Morgan fingerprint density at radius 3 is 2.71 bits per heavy atom. The summed E-state index contributed by atoms with van der Waals surface area (Å²) in [6.45, 7) is 4.92. The Kier molecular flexibility index (Phi) is 5.03. The van der Waals surface area contributed by atoms with Gasteiger partial charge in [-0.25, -0.2) is 4.39 Å². The number of hydrogen-bond acceptors (Lipinski definition) is 1. The molecule has 1 fully saturated rings. The fourth-order valence-electron chi connectivity index (χ4n) is 3.51. The highest BCUT2D eigenvalue weighted by Gasteiger charge is 2.21. The van der Waals surface area contributed by atoms with Crippen molar-refractivity contribution in [3.63, 3.8) is 0 Å². The van der Waals surface area contributed by atoms with Gasteiger partial charge in [-0.1, -0.05) is 31.9 Å². The van der Waals surface area contributed by atoms with Crippen molar-refractivity contribution >= 4 is 5.91 Å². The number of rotatable bonds is 4. The van der Waals surface area contributed by atoms with E-state index in [9.17, 15) is 9.18 Å². The first-order valence-electron chi connectivity index (χ1n) is 8.76. The van der Waals surface area contributed by atoms with Crippen molar-refractivity contribution in [3.8, 4) is 11.3 Å². The number of halogens is 1. The van der Waals surface area contributed by atoms with Crippen molar-refractivity contribution in [1.82, 2.24) is 10.3 Å². The normalized spacial score (nSPS) is 20.8. The first-order valence-corrected chi connectivity index (χ1v) is 8.76. The van der Waals surface area contributed by atoms with Crippen molar-refractivity contribution in [2.45, 2.75) is 39.5 Å². The number of benzene rings is 1. The van der Waals surface area contributed by atoms with E-state index in [0.29, 0.717) is 22.7 Å². The summed E-state index contributed by atoms with van der Waals surface area (Å²) in [5.41, 5.74) is 2.86. The summed E-state index contributed by atoms with van der Waals surface area (Å²) in [5, 5.41) is 3.07. The number of hydrogen-bond donors (Lipinski definition) is 2. The molecule has 0 aliphatic heterocycles. The highest BCUT2D eigenvalue weighted by Crippen LogP contribution is 2.28. The summed E-state index contributed by atoms with van der Waals surface area (Å²) in [5.74, 6) is 0.992. The predicted octanol–water partition coefficient (Wildman–Crippen LogP) is 4.69. The zero-order valence-corrected chi connectivity index (χ0v) is 14.4. The molecule has 0 radical (unpaired) electrons. The molecule has 2 aromatic rings. The SMILES string of the molecule is Cc1cc(C(=O)NCC2CCC(C)CC2)c(-c2cccc(F)c2)[nH]1. The second-order valence-corrected chi connectivity index (χ2v) is 7.09. The van der Waals surface area contributed by atoms with Crippen molar-refractivity contribution in [1.29, 1.82) is 0 Å². The van der Waals surface area contributed by atoms with Crippen LogP contribution < -0.4 is 5.32 Å². The maximum atomic E-state index is 13.5. The van der Waals surface area contributed by atoms with Crippen molar-refractivity contribution < 1.29 is 9.18 Å². The Labute approximate surface area is 142 Å². The number of aryl methyl sites for hydroxylation is 1. The third-order valence-electron chi connectivity index (χ3n) is 5.00. The number of aromatic amines is 1. The molecule has 4 heteroatoms. The van der Waals surface area contributed by atoms with Crippen LogP contribution in [0.25, 0.3) is 11.3 Å². The van der Waals surface area contributed by atoms with Gasteiger partial charge in [0.05, 0.1) is 11.3 Å². The molecular formula is C20H25FN2O. The van der Waals surface area contributed by atoms with E-state index < -0.39 is 0 Å². The smallest absolute Gasteiger partial charge is 0.253 e. The summed E-state index contributed by atoms with van der Waals surface area (Å²) in [6, 6.07) is 8.16. The highest BCUT2D eigenvalue weighted by molar-refractivity contribution is 6.00. The van der Waals surface area contributed by atoms with Crippen LogP contribution in [-0.2, 0) is 0 Å². The number of aromatic nitrogens is 1. The zero-order chi connectivity index (χ0) is 17.1. The molecule has 1 aromatic heterocycles. The van der Waals surface area contributed by atoms with Crippen LogP contribution in [0.2, 0.25) is 0 Å². The van der Waals surface area contributed by atoms with Gasteiger partial charge in [0.25, 0.3) is 5.91 Å². The largest absolute Gasteiger partial charge is 0.358 e. The Morgan fingerprint density at radius 1 is 1.25 bits per heavy atom. The second-order valence-electron chi connectivity index (χ2n) is 7.09. The lowest BCUT2D eigenvalue weighted by Gasteiger charge is -2.26. The van der Waals surface area contributed by atoms with Gasteiger partial charge in [-0.3, -0.25) is 4.79 Å². The minimum atomic E-state index is -0.303. The van der Waals surface area contributed by atoms with E-state index in [1.54, 1.807) is 6.07 Å².